The number of esters is 1. The number of hydrogen-bond acceptors (Lipinski definition) is 5. The minimum Gasteiger partial charge on any atom is -0.462 e. The standard InChI is InChI=1S/C65H117NO5/c1-4-7-10-13-16-19-22-25-28-31-32-34-37-40-43-46-49-52-55-58-65(70)71-61(56-53-50-47-44-41-38-35-30-27-24-21-18-15-12-9-6-3)59-64(69)66-62(60-67)63(68)57-54-51-48-45-42-39-36-33-29-26-23-20-17-14-11-8-5-2/h7,10,16,19,25,28,32,34,40,43,49,52,61-63,67-68H,4-6,8-9,11-15,17-18,20-24,26-27,29-31,33,35-39,41-42,44-48,50-51,53-60H2,1-3H3,(H,66,69)/b10-7-,19-16-,28-25-,34-32-,43-40-,52-49-. The van der Waals surface area contributed by atoms with Crippen LogP contribution in [0.5, 0.6) is 0 Å². The Hall–Kier alpha value is -2.70. The van der Waals surface area contributed by atoms with Gasteiger partial charge in [-0.3, -0.25) is 9.59 Å². The van der Waals surface area contributed by atoms with E-state index in [0.29, 0.717) is 19.3 Å². The minimum absolute atomic E-state index is 0.0483. The van der Waals surface area contributed by atoms with Crippen molar-refractivity contribution in [3.8, 4) is 0 Å². The summed E-state index contributed by atoms with van der Waals surface area (Å²) in [6.07, 6.45) is 75.5. The predicted octanol–water partition coefficient (Wildman–Crippen LogP) is 19.3. The third-order valence-electron chi connectivity index (χ3n) is 13.8. The molecule has 0 spiro atoms. The fourth-order valence-corrected chi connectivity index (χ4v) is 9.22. The topological polar surface area (TPSA) is 95.9 Å². The van der Waals surface area contributed by atoms with Crippen LogP contribution in [0.2, 0.25) is 0 Å². The number of ether oxygens (including phenoxy) is 1. The SMILES string of the molecule is CC/C=C\C/C=C\C/C=C\C/C=C\C/C=C\C/C=C\CCC(=O)OC(CCCCCCCCCCCCCCCCCC)CC(=O)NC(CO)C(O)CCCCCCCCCCCCCCCCCCC. The summed E-state index contributed by atoms with van der Waals surface area (Å²) in [4.78, 5) is 26.3. The van der Waals surface area contributed by atoms with E-state index in [1.807, 2.05) is 6.08 Å². The molecule has 0 aliphatic rings. The molecule has 0 heterocycles. The number of carbonyl (C=O) groups excluding carboxylic acids is 2. The van der Waals surface area contributed by atoms with Crippen LogP contribution in [0.25, 0.3) is 0 Å². The largest absolute Gasteiger partial charge is 0.462 e. The van der Waals surface area contributed by atoms with E-state index in [-0.39, 0.29) is 31.3 Å². The molecule has 6 heteroatoms. The first-order valence-corrected chi connectivity index (χ1v) is 30.7. The van der Waals surface area contributed by atoms with Crippen LogP contribution in [0.15, 0.2) is 72.9 Å². The van der Waals surface area contributed by atoms with Crippen LogP contribution in [-0.2, 0) is 14.3 Å². The normalized spacial score (nSPS) is 13.6. The first kappa shape index (κ1) is 68.3. The molecule has 0 saturated carbocycles. The quantitative estimate of drug-likeness (QED) is 0.0321. The maximum absolute atomic E-state index is 13.3. The summed E-state index contributed by atoms with van der Waals surface area (Å²) in [6, 6.07) is -0.719. The Kier molecular flexibility index (Phi) is 56.0. The lowest BCUT2D eigenvalue weighted by molar-refractivity contribution is -0.150. The third-order valence-corrected chi connectivity index (χ3v) is 13.8. The Morgan fingerprint density at radius 2 is 0.732 bits per heavy atom. The molecule has 3 N–H and O–H groups in total. The maximum atomic E-state index is 13.3. The van der Waals surface area contributed by atoms with Gasteiger partial charge < -0.3 is 20.3 Å². The zero-order valence-electron chi connectivity index (χ0n) is 47.1. The van der Waals surface area contributed by atoms with Crippen LogP contribution in [0.1, 0.15) is 303 Å². The molecular formula is C65H117NO5. The molecule has 0 fully saturated rings. The van der Waals surface area contributed by atoms with E-state index in [4.69, 9.17) is 4.74 Å². The maximum Gasteiger partial charge on any atom is 0.306 e. The van der Waals surface area contributed by atoms with Gasteiger partial charge in [-0.25, -0.2) is 0 Å². The van der Waals surface area contributed by atoms with E-state index >= 15 is 0 Å². The van der Waals surface area contributed by atoms with E-state index in [9.17, 15) is 19.8 Å². The summed E-state index contributed by atoms with van der Waals surface area (Å²) in [6.45, 7) is 6.40. The molecular weight excluding hydrogens is 875 g/mol. The second-order valence-electron chi connectivity index (χ2n) is 20.7. The summed E-state index contributed by atoms with van der Waals surface area (Å²) >= 11 is 0. The Morgan fingerprint density at radius 1 is 0.423 bits per heavy atom. The third kappa shape index (κ3) is 53.4. The van der Waals surface area contributed by atoms with E-state index < -0.39 is 18.2 Å². The highest BCUT2D eigenvalue weighted by Gasteiger charge is 2.24. The van der Waals surface area contributed by atoms with Gasteiger partial charge in [-0.1, -0.05) is 299 Å². The van der Waals surface area contributed by atoms with Gasteiger partial charge in [0.1, 0.15) is 6.10 Å². The summed E-state index contributed by atoms with van der Waals surface area (Å²) < 4.78 is 5.93. The predicted molar refractivity (Wildman–Crippen MR) is 310 cm³/mol. The van der Waals surface area contributed by atoms with Gasteiger partial charge in [0.2, 0.25) is 5.91 Å². The molecule has 412 valence electrons. The van der Waals surface area contributed by atoms with Crippen LogP contribution in [0.3, 0.4) is 0 Å². The second kappa shape index (κ2) is 58.2. The van der Waals surface area contributed by atoms with Crippen molar-refractivity contribution in [1.29, 1.82) is 0 Å². The number of hydrogen-bond donors (Lipinski definition) is 3. The van der Waals surface area contributed by atoms with Crippen molar-refractivity contribution in [2.45, 2.75) is 322 Å². The first-order chi connectivity index (χ1) is 35.0. The fourth-order valence-electron chi connectivity index (χ4n) is 9.22. The molecule has 0 aliphatic heterocycles. The van der Waals surface area contributed by atoms with Crippen LogP contribution in [-0.4, -0.2) is 46.9 Å². The van der Waals surface area contributed by atoms with Gasteiger partial charge in [-0.2, -0.15) is 0 Å². The number of aliphatic hydroxyl groups excluding tert-OH is 2. The van der Waals surface area contributed by atoms with Gasteiger partial charge in [0, 0.05) is 6.42 Å². The van der Waals surface area contributed by atoms with Crippen LogP contribution in [0.4, 0.5) is 0 Å². The Bertz CT molecular complexity index is 1300. The minimum atomic E-state index is -0.803. The molecule has 1 amide bonds. The number of carbonyl (C=O) groups is 2. The summed E-state index contributed by atoms with van der Waals surface area (Å²) in [5.74, 6) is -0.562. The lowest BCUT2D eigenvalue weighted by Gasteiger charge is -2.24. The molecule has 0 aromatic heterocycles. The van der Waals surface area contributed by atoms with Crippen LogP contribution >= 0.6 is 0 Å². The molecule has 0 aromatic carbocycles. The molecule has 0 rings (SSSR count). The molecule has 0 saturated heterocycles. The van der Waals surface area contributed by atoms with Gasteiger partial charge in [0.15, 0.2) is 0 Å². The molecule has 0 bridgehead atoms. The Balaban J connectivity index is 4.63. The summed E-state index contributed by atoms with van der Waals surface area (Å²) in [5, 5.41) is 23.9. The second-order valence-corrected chi connectivity index (χ2v) is 20.7. The van der Waals surface area contributed by atoms with Gasteiger partial charge in [-0.15, -0.1) is 0 Å². The number of amides is 1. The van der Waals surface area contributed by atoms with Crippen LogP contribution < -0.4 is 5.32 Å². The van der Waals surface area contributed by atoms with Gasteiger partial charge >= 0.3 is 5.97 Å². The Morgan fingerprint density at radius 3 is 1.07 bits per heavy atom. The summed E-state index contributed by atoms with van der Waals surface area (Å²) in [5.41, 5.74) is 0. The molecule has 3 unspecified atom stereocenters. The zero-order valence-corrected chi connectivity index (χ0v) is 47.1. The highest BCUT2D eigenvalue weighted by Crippen LogP contribution is 2.19. The highest BCUT2D eigenvalue weighted by molar-refractivity contribution is 5.77. The van der Waals surface area contributed by atoms with Gasteiger partial charge in [0.25, 0.3) is 0 Å². The summed E-state index contributed by atoms with van der Waals surface area (Å²) in [7, 11) is 0. The average Bonchev–Trinajstić information content (AvgIpc) is 3.36. The van der Waals surface area contributed by atoms with Crippen molar-refractivity contribution in [3.63, 3.8) is 0 Å². The lowest BCUT2D eigenvalue weighted by atomic mass is 10.0. The van der Waals surface area contributed by atoms with E-state index in [1.165, 1.54) is 173 Å². The lowest BCUT2D eigenvalue weighted by Crippen LogP contribution is -2.46. The number of rotatable bonds is 55. The van der Waals surface area contributed by atoms with Crippen molar-refractivity contribution >= 4 is 11.9 Å². The average molecular weight is 993 g/mol. The van der Waals surface area contributed by atoms with E-state index in [2.05, 4.69) is 92.9 Å². The van der Waals surface area contributed by atoms with Crippen LogP contribution in [0, 0.1) is 0 Å². The number of aliphatic hydroxyl groups is 2. The van der Waals surface area contributed by atoms with E-state index in [1.54, 1.807) is 0 Å². The van der Waals surface area contributed by atoms with Gasteiger partial charge in [-0.05, 0) is 64.2 Å². The van der Waals surface area contributed by atoms with Crippen molar-refractivity contribution in [3.05, 3.63) is 72.9 Å². The number of nitrogens with one attached hydrogen (secondary N) is 1. The zero-order chi connectivity index (χ0) is 51.6. The smallest absolute Gasteiger partial charge is 0.306 e. The number of allylic oxidation sites excluding steroid dienone is 12. The van der Waals surface area contributed by atoms with Crippen molar-refractivity contribution in [2.24, 2.45) is 0 Å². The molecule has 6 nitrogen and oxygen atoms in total. The van der Waals surface area contributed by atoms with Crippen molar-refractivity contribution < 1.29 is 24.5 Å². The monoisotopic (exact) mass is 992 g/mol. The molecule has 0 radical (unpaired) electrons. The number of unbranched alkanes of at least 4 members (excludes halogenated alkanes) is 31. The van der Waals surface area contributed by atoms with Crippen molar-refractivity contribution in [2.75, 3.05) is 6.61 Å². The molecule has 3 atom stereocenters. The Labute approximate surface area is 441 Å². The molecule has 0 aliphatic carbocycles. The highest BCUT2D eigenvalue weighted by atomic mass is 16.5. The first-order valence-electron chi connectivity index (χ1n) is 30.7. The molecule has 0 aromatic rings. The van der Waals surface area contributed by atoms with Gasteiger partial charge in [0.05, 0.1) is 25.2 Å². The van der Waals surface area contributed by atoms with E-state index in [0.717, 1.165) is 77.0 Å². The van der Waals surface area contributed by atoms with Crippen molar-refractivity contribution in [1.82, 2.24) is 5.32 Å². The fraction of sp³-hybridized carbons (Fsp3) is 0.785. The molecule has 71 heavy (non-hydrogen) atoms.